The predicted octanol–water partition coefficient (Wildman–Crippen LogP) is 1.83. The van der Waals surface area contributed by atoms with Crippen molar-refractivity contribution in [3.8, 4) is 0 Å². The Morgan fingerprint density at radius 2 is 2.29 bits per heavy atom. The minimum atomic E-state index is -0.992. The van der Waals surface area contributed by atoms with Gasteiger partial charge in [0.2, 0.25) is 0 Å². The summed E-state index contributed by atoms with van der Waals surface area (Å²) in [5.41, 5.74) is 0.190. The third-order valence-electron chi connectivity index (χ3n) is 1.99. The van der Waals surface area contributed by atoms with E-state index in [0.717, 1.165) is 0 Å². The van der Waals surface area contributed by atoms with Gasteiger partial charge < -0.3 is 9.84 Å². The molecule has 5 nitrogen and oxygen atoms in total. The topological polar surface area (TPSA) is 76.5 Å². The lowest BCUT2D eigenvalue weighted by atomic mass is 10.3. The Hall–Kier alpha value is -1.56. The van der Waals surface area contributed by atoms with Gasteiger partial charge in [-0.3, -0.25) is 4.79 Å². The molecule has 0 radical (unpaired) electrons. The molecule has 0 atom stereocenters. The highest BCUT2D eigenvalue weighted by Crippen LogP contribution is 2.21. The maximum absolute atomic E-state index is 10.9. The van der Waals surface area contributed by atoms with Crippen LogP contribution in [-0.4, -0.2) is 34.9 Å². The fraction of sp³-hybridized carbons (Fsp3) is 0.364. The SMILES string of the molecule is COC(=O)CCCSc1ncccc1C(=O)O. The molecular weight excluding hydrogens is 242 g/mol. The Morgan fingerprint density at radius 1 is 1.53 bits per heavy atom. The van der Waals surface area contributed by atoms with Crippen LogP contribution in [0.15, 0.2) is 23.4 Å². The zero-order valence-corrected chi connectivity index (χ0v) is 10.2. The number of hydrogen-bond donors (Lipinski definition) is 1. The number of thioether (sulfide) groups is 1. The second-order valence-corrected chi connectivity index (χ2v) is 4.27. The maximum atomic E-state index is 10.9. The lowest BCUT2D eigenvalue weighted by Crippen LogP contribution is -2.02. The van der Waals surface area contributed by atoms with E-state index < -0.39 is 5.97 Å². The minimum absolute atomic E-state index is 0.190. The molecule has 1 N–H and O–H groups in total. The average Bonchev–Trinajstić information content (AvgIpc) is 2.34. The number of pyridine rings is 1. The van der Waals surface area contributed by atoms with Gasteiger partial charge in [-0.15, -0.1) is 11.8 Å². The van der Waals surface area contributed by atoms with E-state index in [0.29, 0.717) is 23.6 Å². The first-order valence-corrected chi connectivity index (χ1v) is 6.01. The van der Waals surface area contributed by atoms with Crippen LogP contribution in [0.4, 0.5) is 0 Å². The fourth-order valence-electron chi connectivity index (χ4n) is 1.16. The van der Waals surface area contributed by atoms with Crippen molar-refractivity contribution in [1.29, 1.82) is 0 Å². The summed E-state index contributed by atoms with van der Waals surface area (Å²) in [6, 6.07) is 3.10. The van der Waals surface area contributed by atoms with E-state index in [-0.39, 0.29) is 11.5 Å². The quantitative estimate of drug-likeness (QED) is 0.474. The van der Waals surface area contributed by atoms with Gasteiger partial charge in [0.05, 0.1) is 12.7 Å². The zero-order valence-electron chi connectivity index (χ0n) is 9.38. The molecule has 6 heteroatoms. The third-order valence-corrected chi connectivity index (χ3v) is 3.08. The van der Waals surface area contributed by atoms with E-state index in [1.54, 1.807) is 12.3 Å². The van der Waals surface area contributed by atoms with Crippen molar-refractivity contribution in [2.75, 3.05) is 12.9 Å². The van der Waals surface area contributed by atoms with Gasteiger partial charge in [0, 0.05) is 18.4 Å². The van der Waals surface area contributed by atoms with Gasteiger partial charge in [0.1, 0.15) is 5.03 Å². The standard InChI is InChI=1S/C11H13NO4S/c1-16-9(13)5-3-7-17-10-8(11(14)15)4-2-6-12-10/h2,4,6H,3,5,7H2,1H3,(H,14,15). The molecule has 92 valence electrons. The summed E-state index contributed by atoms with van der Waals surface area (Å²) in [4.78, 5) is 25.7. The molecule has 0 aliphatic rings. The van der Waals surface area contributed by atoms with E-state index in [1.807, 2.05) is 0 Å². The molecule has 0 saturated carbocycles. The zero-order chi connectivity index (χ0) is 12.7. The molecule has 0 bridgehead atoms. The Labute approximate surface area is 103 Å². The van der Waals surface area contributed by atoms with E-state index in [2.05, 4.69) is 9.72 Å². The number of carboxylic acid groups (broad SMARTS) is 1. The van der Waals surface area contributed by atoms with Gasteiger partial charge in [-0.2, -0.15) is 0 Å². The summed E-state index contributed by atoms with van der Waals surface area (Å²) < 4.78 is 4.51. The molecule has 0 aromatic carbocycles. The van der Waals surface area contributed by atoms with Gasteiger partial charge in [-0.25, -0.2) is 9.78 Å². The predicted molar refractivity (Wildman–Crippen MR) is 63.2 cm³/mol. The smallest absolute Gasteiger partial charge is 0.338 e. The lowest BCUT2D eigenvalue weighted by Gasteiger charge is -2.03. The van der Waals surface area contributed by atoms with Gasteiger partial charge >= 0.3 is 11.9 Å². The van der Waals surface area contributed by atoms with Crippen molar-refractivity contribution >= 4 is 23.7 Å². The highest BCUT2D eigenvalue weighted by Gasteiger charge is 2.10. The number of aromatic carboxylic acids is 1. The summed E-state index contributed by atoms with van der Waals surface area (Å²) in [6.07, 6.45) is 2.51. The molecule has 1 aromatic rings. The van der Waals surface area contributed by atoms with E-state index >= 15 is 0 Å². The summed E-state index contributed by atoms with van der Waals surface area (Å²) in [6.45, 7) is 0. The number of aromatic nitrogens is 1. The van der Waals surface area contributed by atoms with E-state index in [9.17, 15) is 9.59 Å². The molecule has 0 aliphatic heterocycles. The molecule has 0 amide bonds. The van der Waals surface area contributed by atoms with Gasteiger partial charge in [-0.1, -0.05) is 0 Å². The summed E-state index contributed by atoms with van der Waals surface area (Å²) in [5.74, 6) is -0.620. The van der Waals surface area contributed by atoms with E-state index in [1.165, 1.54) is 24.9 Å². The summed E-state index contributed by atoms with van der Waals surface area (Å²) in [7, 11) is 1.34. The number of hydrogen-bond acceptors (Lipinski definition) is 5. The van der Waals surface area contributed by atoms with Crippen LogP contribution in [0, 0.1) is 0 Å². The number of carboxylic acids is 1. The molecule has 0 fully saturated rings. The van der Waals surface area contributed by atoms with Crippen LogP contribution in [-0.2, 0) is 9.53 Å². The minimum Gasteiger partial charge on any atom is -0.478 e. The molecule has 1 aromatic heterocycles. The van der Waals surface area contributed by atoms with Crippen molar-refractivity contribution in [2.45, 2.75) is 17.9 Å². The molecule has 0 saturated heterocycles. The molecule has 0 unspecified atom stereocenters. The van der Waals surface area contributed by atoms with Crippen molar-refractivity contribution in [3.05, 3.63) is 23.9 Å². The van der Waals surface area contributed by atoms with E-state index in [4.69, 9.17) is 5.11 Å². The maximum Gasteiger partial charge on any atom is 0.338 e. The highest BCUT2D eigenvalue weighted by atomic mass is 32.2. The second kappa shape index (κ2) is 6.90. The number of carbonyl (C=O) groups excluding carboxylic acids is 1. The summed E-state index contributed by atoms with van der Waals surface area (Å²) in [5, 5.41) is 9.40. The number of esters is 1. The molecule has 1 rings (SSSR count). The fourth-order valence-corrected chi connectivity index (χ4v) is 2.08. The molecule has 0 spiro atoms. The number of methoxy groups -OCH3 is 1. The first-order chi connectivity index (χ1) is 8.15. The van der Waals surface area contributed by atoms with Crippen LogP contribution in [0.3, 0.4) is 0 Å². The van der Waals surface area contributed by atoms with Gasteiger partial charge in [-0.05, 0) is 18.6 Å². The van der Waals surface area contributed by atoms with Crippen molar-refractivity contribution in [1.82, 2.24) is 4.98 Å². The monoisotopic (exact) mass is 255 g/mol. The van der Waals surface area contributed by atoms with Gasteiger partial charge in [0.15, 0.2) is 0 Å². The first-order valence-electron chi connectivity index (χ1n) is 5.03. The Morgan fingerprint density at radius 3 is 2.94 bits per heavy atom. The third kappa shape index (κ3) is 4.44. The molecule has 1 heterocycles. The lowest BCUT2D eigenvalue weighted by molar-refractivity contribution is -0.140. The summed E-state index contributed by atoms with van der Waals surface area (Å²) >= 11 is 1.33. The van der Waals surface area contributed by atoms with Crippen LogP contribution < -0.4 is 0 Å². The average molecular weight is 255 g/mol. The molecule has 17 heavy (non-hydrogen) atoms. The van der Waals surface area contributed by atoms with Crippen LogP contribution >= 0.6 is 11.8 Å². The Balaban J connectivity index is 2.46. The van der Waals surface area contributed by atoms with Crippen LogP contribution in [0.5, 0.6) is 0 Å². The highest BCUT2D eigenvalue weighted by molar-refractivity contribution is 7.99. The number of nitrogens with zero attached hydrogens (tertiary/aromatic N) is 1. The second-order valence-electron chi connectivity index (χ2n) is 3.19. The van der Waals surface area contributed by atoms with Crippen LogP contribution in [0.1, 0.15) is 23.2 Å². The van der Waals surface area contributed by atoms with Crippen molar-refractivity contribution < 1.29 is 19.4 Å². The van der Waals surface area contributed by atoms with Gasteiger partial charge in [0.25, 0.3) is 0 Å². The van der Waals surface area contributed by atoms with Crippen molar-refractivity contribution in [3.63, 3.8) is 0 Å². The first kappa shape index (κ1) is 13.5. The van der Waals surface area contributed by atoms with Crippen LogP contribution in [0.25, 0.3) is 0 Å². The molecular formula is C11H13NO4S. The molecule has 0 aliphatic carbocycles. The van der Waals surface area contributed by atoms with Crippen LogP contribution in [0.2, 0.25) is 0 Å². The normalized spacial score (nSPS) is 9.94. The Kier molecular flexibility index (Phi) is 5.48. The number of ether oxygens (including phenoxy) is 1. The number of rotatable bonds is 6. The Bertz CT molecular complexity index is 408. The number of carbonyl (C=O) groups is 2. The largest absolute Gasteiger partial charge is 0.478 e. The van der Waals surface area contributed by atoms with Crippen molar-refractivity contribution in [2.24, 2.45) is 0 Å².